The van der Waals surface area contributed by atoms with E-state index in [0.717, 1.165) is 6.42 Å². The zero-order valence-corrected chi connectivity index (χ0v) is 11.6. The van der Waals surface area contributed by atoms with Gasteiger partial charge in [-0.1, -0.05) is 26.5 Å². The fourth-order valence-corrected chi connectivity index (χ4v) is 1.50. The molecule has 0 bridgehead atoms. The first kappa shape index (κ1) is 16.5. The molecule has 0 spiro atoms. The van der Waals surface area contributed by atoms with E-state index in [2.05, 4.69) is 18.5 Å². The Labute approximate surface area is 109 Å². The molecular weight excluding hydrogens is 230 g/mol. The normalized spacial score (nSPS) is 13.6. The zero-order valence-electron chi connectivity index (χ0n) is 11.6. The summed E-state index contributed by atoms with van der Waals surface area (Å²) < 4.78 is 0. The van der Waals surface area contributed by atoms with E-state index in [-0.39, 0.29) is 17.7 Å². The summed E-state index contributed by atoms with van der Waals surface area (Å²) in [6, 6.07) is -0.788. The van der Waals surface area contributed by atoms with Gasteiger partial charge in [-0.15, -0.1) is 0 Å². The summed E-state index contributed by atoms with van der Waals surface area (Å²) in [5, 5.41) is 12.2. The van der Waals surface area contributed by atoms with Crippen molar-refractivity contribution < 1.29 is 9.90 Å². The van der Waals surface area contributed by atoms with Gasteiger partial charge < -0.3 is 21.1 Å². The monoisotopic (exact) mass is 255 g/mol. The summed E-state index contributed by atoms with van der Waals surface area (Å²) in [7, 11) is 1.77. The molecule has 0 fully saturated rings. The SMILES string of the molecule is C=C(O)[C@H](CCC)NC(=O)[C@H](C)N(C)C(=C)CN. The van der Waals surface area contributed by atoms with Gasteiger partial charge in [0, 0.05) is 19.3 Å². The Hall–Kier alpha value is -1.49. The number of nitrogens with zero attached hydrogens (tertiary/aromatic N) is 1. The number of hydrogen-bond donors (Lipinski definition) is 3. The molecule has 0 radical (unpaired) electrons. The lowest BCUT2D eigenvalue weighted by Gasteiger charge is -2.28. The highest BCUT2D eigenvalue weighted by molar-refractivity contribution is 5.82. The van der Waals surface area contributed by atoms with Crippen molar-refractivity contribution in [2.45, 2.75) is 38.8 Å². The molecule has 5 heteroatoms. The van der Waals surface area contributed by atoms with Gasteiger partial charge in [0.05, 0.1) is 6.04 Å². The number of nitrogens with one attached hydrogen (secondary N) is 1. The number of hydrogen-bond acceptors (Lipinski definition) is 4. The van der Waals surface area contributed by atoms with Gasteiger partial charge in [0.15, 0.2) is 0 Å². The summed E-state index contributed by atoms with van der Waals surface area (Å²) in [6.07, 6.45) is 1.51. The van der Waals surface area contributed by atoms with Crippen LogP contribution in [0.3, 0.4) is 0 Å². The summed E-state index contributed by atoms with van der Waals surface area (Å²) >= 11 is 0. The maximum absolute atomic E-state index is 12.0. The van der Waals surface area contributed by atoms with E-state index in [9.17, 15) is 9.90 Å². The van der Waals surface area contributed by atoms with Gasteiger partial charge in [-0.2, -0.15) is 0 Å². The van der Waals surface area contributed by atoms with Crippen LogP contribution in [0, 0.1) is 0 Å². The van der Waals surface area contributed by atoms with Crippen LogP contribution in [-0.2, 0) is 4.79 Å². The standard InChI is InChI=1S/C13H25N3O2/c1-6-7-12(11(4)17)15-13(18)10(3)16(5)9(2)8-14/h10,12,17H,2,4,6-8,14H2,1,3,5H3,(H,15,18)/t10-,12-/m0/s1. The second kappa shape index (κ2) is 7.76. The fourth-order valence-electron chi connectivity index (χ4n) is 1.50. The first-order chi connectivity index (χ1) is 8.34. The van der Waals surface area contributed by atoms with Crippen molar-refractivity contribution in [3.05, 3.63) is 24.6 Å². The van der Waals surface area contributed by atoms with E-state index in [1.807, 2.05) is 6.92 Å². The van der Waals surface area contributed by atoms with Gasteiger partial charge in [0.25, 0.3) is 0 Å². The minimum atomic E-state index is -0.399. The molecule has 0 aromatic heterocycles. The average Bonchev–Trinajstić information content (AvgIpc) is 2.34. The van der Waals surface area contributed by atoms with Crippen LogP contribution >= 0.6 is 0 Å². The number of rotatable bonds is 8. The maximum atomic E-state index is 12.0. The molecule has 0 aromatic rings. The molecule has 2 atom stereocenters. The fraction of sp³-hybridized carbons (Fsp3) is 0.615. The van der Waals surface area contributed by atoms with Crippen LogP contribution in [0.5, 0.6) is 0 Å². The molecule has 0 heterocycles. The number of carbonyl (C=O) groups excluding carboxylic acids is 1. The molecule has 4 N–H and O–H groups in total. The van der Waals surface area contributed by atoms with Crippen molar-refractivity contribution in [3.8, 4) is 0 Å². The molecule has 0 aromatic carbocycles. The van der Waals surface area contributed by atoms with Crippen LogP contribution in [0.1, 0.15) is 26.7 Å². The molecule has 0 aliphatic carbocycles. The van der Waals surface area contributed by atoms with E-state index in [1.165, 1.54) is 0 Å². The minimum Gasteiger partial charge on any atom is -0.511 e. The van der Waals surface area contributed by atoms with E-state index < -0.39 is 6.04 Å². The molecule has 0 rings (SSSR count). The zero-order chi connectivity index (χ0) is 14.3. The lowest BCUT2D eigenvalue weighted by molar-refractivity contribution is -0.125. The van der Waals surface area contributed by atoms with Gasteiger partial charge in [0.2, 0.25) is 5.91 Å². The Morgan fingerprint density at radius 1 is 1.50 bits per heavy atom. The van der Waals surface area contributed by atoms with Crippen molar-refractivity contribution in [2.24, 2.45) is 5.73 Å². The third-order valence-corrected chi connectivity index (χ3v) is 2.99. The number of carbonyl (C=O) groups is 1. The smallest absolute Gasteiger partial charge is 0.242 e. The van der Waals surface area contributed by atoms with Gasteiger partial charge in [-0.25, -0.2) is 0 Å². The number of nitrogens with two attached hydrogens (primary N) is 1. The van der Waals surface area contributed by atoms with Gasteiger partial charge >= 0.3 is 0 Å². The van der Waals surface area contributed by atoms with E-state index >= 15 is 0 Å². The first-order valence-electron chi connectivity index (χ1n) is 6.13. The van der Waals surface area contributed by atoms with Crippen molar-refractivity contribution in [1.82, 2.24) is 10.2 Å². The van der Waals surface area contributed by atoms with Gasteiger partial charge in [-0.05, 0) is 13.3 Å². The molecule has 0 aliphatic heterocycles. The van der Waals surface area contributed by atoms with Crippen LogP contribution in [0.25, 0.3) is 0 Å². The molecule has 5 nitrogen and oxygen atoms in total. The summed E-state index contributed by atoms with van der Waals surface area (Å²) in [4.78, 5) is 13.7. The molecule has 0 saturated carbocycles. The molecule has 0 aliphatic rings. The number of amides is 1. The second-order valence-corrected chi connectivity index (χ2v) is 4.40. The molecule has 0 unspecified atom stereocenters. The van der Waals surface area contributed by atoms with Crippen LogP contribution in [-0.4, -0.2) is 41.6 Å². The Balaban J connectivity index is 4.54. The lowest BCUT2D eigenvalue weighted by Crippen LogP contribution is -2.47. The van der Waals surface area contributed by atoms with Crippen molar-refractivity contribution in [3.63, 3.8) is 0 Å². The van der Waals surface area contributed by atoms with Crippen LogP contribution in [0.2, 0.25) is 0 Å². The average molecular weight is 255 g/mol. The summed E-state index contributed by atoms with van der Waals surface area (Å²) in [6.45, 7) is 11.3. The number of aliphatic hydroxyl groups is 1. The van der Waals surface area contributed by atoms with Crippen LogP contribution < -0.4 is 11.1 Å². The van der Waals surface area contributed by atoms with Gasteiger partial charge in [0.1, 0.15) is 11.8 Å². The Morgan fingerprint density at radius 2 is 2.06 bits per heavy atom. The number of aliphatic hydroxyl groups excluding tert-OH is 1. The highest BCUT2D eigenvalue weighted by Gasteiger charge is 2.22. The maximum Gasteiger partial charge on any atom is 0.242 e. The summed E-state index contributed by atoms with van der Waals surface area (Å²) in [5.74, 6) is -0.196. The van der Waals surface area contributed by atoms with Crippen molar-refractivity contribution >= 4 is 5.91 Å². The Morgan fingerprint density at radius 3 is 2.44 bits per heavy atom. The Bertz CT molecular complexity index is 315. The van der Waals surface area contributed by atoms with Crippen molar-refractivity contribution in [1.29, 1.82) is 0 Å². The van der Waals surface area contributed by atoms with Gasteiger partial charge in [-0.3, -0.25) is 4.79 Å². The largest absolute Gasteiger partial charge is 0.511 e. The molecule has 1 amide bonds. The first-order valence-corrected chi connectivity index (χ1v) is 6.13. The van der Waals surface area contributed by atoms with E-state index in [1.54, 1.807) is 18.9 Å². The van der Waals surface area contributed by atoms with Crippen LogP contribution in [0.15, 0.2) is 24.6 Å². The van der Waals surface area contributed by atoms with E-state index in [4.69, 9.17) is 5.73 Å². The quantitative estimate of drug-likeness (QED) is 0.568. The highest BCUT2D eigenvalue weighted by Crippen LogP contribution is 2.07. The molecule has 104 valence electrons. The van der Waals surface area contributed by atoms with Crippen LogP contribution in [0.4, 0.5) is 0 Å². The molecule has 0 saturated heterocycles. The predicted octanol–water partition coefficient (Wildman–Crippen LogP) is 1.14. The number of likely N-dealkylation sites (N-methyl/N-ethyl adjacent to an activating group) is 1. The second-order valence-electron chi connectivity index (χ2n) is 4.40. The third kappa shape index (κ3) is 4.79. The summed E-state index contributed by atoms with van der Waals surface area (Å²) in [5.41, 5.74) is 6.17. The highest BCUT2D eigenvalue weighted by atomic mass is 16.3. The lowest BCUT2D eigenvalue weighted by atomic mass is 10.1. The van der Waals surface area contributed by atoms with Crippen molar-refractivity contribution in [2.75, 3.05) is 13.6 Å². The molecular formula is C13H25N3O2. The molecule has 18 heavy (non-hydrogen) atoms. The third-order valence-electron chi connectivity index (χ3n) is 2.99. The topological polar surface area (TPSA) is 78.6 Å². The Kier molecular flexibility index (Phi) is 7.12. The minimum absolute atomic E-state index is 0.0160. The predicted molar refractivity (Wildman–Crippen MR) is 74.0 cm³/mol. The van der Waals surface area contributed by atoms with E-state index in [0.29, 0.717) is 18.7 Å².